The van der Waals surface area contributed by atoms with E-state index >= 15 is 0 Å². The van der Waals surface area contributed by atoms with Crippen molar-refractivity contribution in [3.05, 3.63) is 23.5 Å². The number of Topliss-reactive ketones (excluding diaryl/α,β-unsaturated/α-hetero) is 1. The van der Waals surface area contributed by atoms with Crippen molar-refractivity contribution in [3.8, 4) is 0 Å². The van der Waals surface area contributed by atoms with E-state index in [1.807, 2.05) is 0 Å². The monoisotopic (exact) mass is 252 g/mol. The van der Waals surface area contributed by atoms with E-state index in [-0.39, 0.29) is 18.3 Å². The van der Waals surface area contributed by atoms with Gasteiger partial charge >= 0.3 is 0 Å². The standard InChI is InChI=1S/C13H20N2O3/c1-10(17)11-8-12(15-9-11)13(18)14-6-4-2-3-5-7-16/h8-9,15-16H,2-7H2,1H3,(H,14,18). The van der Waals surface area contributed by atoms with Gasteiger partial charge in [0.1, 0.15) is 5.69 Å². The van der Waals surface area contributed by atoms with Crippen LogP contribution in [0.2, 0.25) is 0 Å². The van der Waals surface area contributed by atoms with Gasteiger partial charge in [-0.1, -0.05) is 12.8 Å². The average Bonchev–Trinajstić information content (AvgIpc) is 2.83. The van der Waals surface area contributed by atoms with E-state index in [0.29, 0.717) is 17.8 Å². The van der Waals surface area contributed by atoms with Crippen molar-refractivity contribution in [2.75, 3.05) is 13.2 Å². The second-order valence-electron chi connectivity index (χ2n) is 4.25. The molecule has 5 heteroatoms. The molecule has 0 spiro atoms. The molecule has 0 aliphatic heterocycles. The molecule has 0 radical (unpaired) electrons. The Morgan fingerprint density at radius 3 is 2.61 bits per heavy atom. The van der Waals surface area contributed by atoms with Gasteiger partial charge in [0, 0.05) is 24.9 Å². The van der Waals surface area contributed by atoms with Gasteiger partial charge in [0.05, 0.1) is 0 Å². The van der Waals surface area contributed by atoms with E-state index in [1.165, 1.54) is 6.92 Å². The SMILES string of the molecule is CC(=O)c1c[nH]c(C(=O)NCCCCCCO)c1. The number of amides is 1. The first kappa shape index (κ1) is 14.4. The second kappa shape index (κ2) is 7.66. The van der Waals surface area contributed by atoms with Crippen LogP contribution in [0.1, 0.15) is 53.5 Å². The molecule has 1 aromatic heterocycles. The maximum atomic E-state index is 11.7. The molecular weight excluding hydrogens is 232 g/mol. The van der Waals surface area contributed by atoms with Crippen LogP contribution in [0.5, 0.6) is 0 Å². The summed E-state index contributed by atoms with van der Waals surface area (Å²) in [6.07, 6.45) is 5.21. The molecule has 1 heterocycles. The molecule has 1 amide bonds. The Hall–Kier alpha value is -1.62. The topological polar surface area (TPSA) is 82.2 Å². The summed E-state index contributed by atoms with van der Waals surface area (Å²) in [5.41, 5.74) is 0.929. The van der Waals surface area contributed by atoms with Crippen LogP contribution in [0.25, 0.3) is 0 Å². The number of rotatable bonds is 8. The number of carbonyl (C=O) groups is 2. The molecule has 0 saturated heterocycles. The summed E-state index contributed by atoms with van der Waals surface area (Å²) in [5.74, 6) is -0.251. The lowest BCUT2D eigenvalue weighted by molar-refractivity contribution is 0.0948. The Labute approximate surface area is 107 Å². The van der Waals surface area contributed by atoms with Gasteiger partial charge in [0.25, 0.3) is 5.91 Å². The Kier molecular flexibility index (Phi) is 6.14. The van der Waals surface area contributed by atoms with Gasteiger partial charge in [-0.05, 0) is 25.8 Å². The van der Waals surface area contributed by atoms with Crippen LogP contribution in [-0.4, -0.2) is 34.9 Å². The van der Waals surface area contributed by atoms with Gasteiger partial charge in [0.15, 0.2) is 5.78 Å². The number of aliphatic hydroxyl groups excluding tert-OH is 1. The number of hydrogen-bond acceptors (Lipinski definition) is 3. The van der Waals surface area contributed by atoms with Gasteiger partial charge in [-0.3, -0.25) is 9.59 Å². The minimum absolute atomic E-state index is 0.0608. The summed E-state index contributed by atoms with van der Waals surface area (Å²) in [7, 11) is 0. The van der Waals surface area contributed by atoms with Crippen LogP contribution in [0, 0.1) is 0 Å². The smallest absolute Gasteiger partial charge is 0.267 e. The molecule has 0 saturated carbocycles. The molecule has 0 aliphatic carbocycles. The lowest BCUT2D eigenvalue weighted by Crippen LogP contribution is -2.24. The fourth-order valence-electron chi connectivity index (χ4n) is 1.62. The molecule has 18 heavy (non-hydrogen) atoms. The molecule has 0 unspecified atom stereocenters. The number of aromatic nitrogens is 1. The third-order valence-electron chi connectivity index (χ3n) is 2.70. The molecule has 0 aliphatic rings. The van der Waals surface area contributed by atoms with Crippen LogP contribution in [0.15, 0.2) is 12.3 Å². The van der Waals surface area contributed by atoms with Crippen LogP contribution < -0.4 is 5.32 Å². The quantitative estimate of drug-likeness (QED) is 0.484. The summed E-state index contributed by atoms with van der Waals surface area (Å²) < 4.78 is 0. The molecule has 5 nitrogen and oxygen atoms in total. The van der Waals surface area contributed by atoms with Crippen molar-refractivity contribution in [1.29, 1.82) is 0 Å². The fraction of sp³-hybridized carbons (Fsp3) is 0.538. The average molecular weight is 252 g/mol. The molecule has 3 N–H and O–H groups in total. The van der Waals surface area contributed by atoms with Gasteiger partial charge < -0.3 is 15.4 Å². The van der Waals surface area contributed by atoms with E-state index in [1.54, 1.807) is 12.3 Å². The number of ketones is 1. The number of nitrogens with one attached hydrogen (secondary N) is 2. The maximum Gasteiger partial charge on any atom is 0.267 e. The second-order valence-corrected chi connectivity index (χ2v) is 4.25. The van der Waals surface area contributed by atoms with Gasteiger partial charge in [-0.25, -0.2) is 0 Å². The summed E-state index contributed by atoms with van der Waals surface area (Å²) in [4.78, 5) is 25.5. The third kappa shape index (κ3) is 4.71. The number of unbranched alkanes of at least 4 members (excludes halogenated alkanes) is 3. The first-order valence-corrected chi connectivity index (χ1v) is 6.23. The number of aromatic amines is 1. The van der Waals surface area contributed by atoms with Crippen LogP contribution in [-0.2, 0) is 0 Å². The minimum Gasteiger partial charge on any atom is -0.396 e. The highest BCUT2D eigenvalue weighted by Crippen LogP contribution is 2.04. The normalized spacial score (nSPS) is 10.3. The number of carbonyl (C=O) groups excluding carboxylic acids is 2. The van der Waals surface area contributed by atoms with Crippen molar-refractivity contribution < 1.29 is 14.7 Å². The van der Waals surface area contributed by atoms with Crippen molar-refractivity contribution in [1.82, 2.24) is 10.3 Å². The summed E-state index contributed by atoms with van der Waals surface area (Å²) >= 11 is 0. The molecular formula is C13H20N2O3. The first-order valence-electron chi connectivity index (χ1n) is 6.23. The van der Waals surface area contributed by atoms with E-state index in [0.717, 1.165) is 25.7 Å². The molecule has 0 aromatic carbocycles. The van der Waals surface area contributed by atoms with Crippen LogP contribution in [0.4, 0.5) is 0 Å². The predicted molar refractivity (Wildman–Crippen MR) is 68.7 cm³/mol. The first-order chi connectivity index (χ1) is 8.65. The lowest BCUT2D eigenvalue weighted by atomic mass is 10.2. The van der Waals surface area contributed by atoms with E-state index in [2.05, 4.69) is 10.3 Å². The Bertz CT molecular complexity index is 399. The predicted octanol–water partition coefficient (Wildman–Crippen LogP) is 1.50. The number of H-pyrrole nitrogens is 1. The summed E-state index contributed by atoms with van der Waals surface area (Å²) in [6.45, 7) is 2.30. The zero-order valence-corrected chi connectivity index (χ0v) is 10.7. The Balaban J connectivity index is 2.25. The Morgan fingerprint density at radius 1 is 1.28 bits per heavy atom. The summed E-state index contributed by atoms with van der Waals surface area (Å²) in [5, 5.41) is 11.4. The third-order valence-corrected chi connectivity index (χ3v) is 2.70. The molecule has 100 valence electrons. The summed E-state index contributed by atoms with van der Waals surface area (Å²) in [6, 6.07) is 1.56. The lowest BCUT2D eigenvalue weighted by Gasteiger charge is -2.03. The van der Waals surface area contributed by atoms with Gasteiger partial charge in [-0.15, -0.1) is 0 Å². The van der Waals surface area contributed by atoms with Crippen molar-refractivity contribution in [3.63, 3.8) is 0 Å². The minimum atomic E-state index is -0.190. The zero-order chi connectivity index (χ0) is 13.4. The highest BCUT2D eigenvalue weighted by Gasteiger charge is 2.09. The molecule has 1 rings (SSSR count). The van der Waals surface area contributed by atoms with Crippen LogP contribution in [0.3, 0.4) is 0 Å². The van der Waals surface area contributed by atoms with E-state index in [4.69, 9.17) is 5.11 Å². The molecule has 1 aromatic rings. The van der Waals surface area contributed by atoms with E-state index in [9.17, 15) is 9.59 Å². The van der Waals surface area contributed by atoms with Gasteiger partial charge in [-0.2, -0.15) is 0 Å². The van der Waals surface area contributed by atoms with Crippen LogP contribution >= 0.6 is 0 Å². The molecule has 0 bridgehead atoms. The Morgan fingerprint density at radius 2 is 2.00 bits per heavy atom. The van der Waals surface area contributed by atoms with E-state index < -0.39 is 0 Å². The van der Waals surface area contributed by atoms with Crippen molar-refractivity contribution >= 4 is 11.7 Å². The van der Waals surface area contributed by atoms with Crippen molar-refractivity contribution in [2.45, 2.75) is 32.6 Å². The zero-order valence-electron chi connectivity index (χ0n) is 10.7. The fourth-order valence-corrected chi connectivity index (χ4v) is 1.62. The highest BCUT2D eigenvalue weighted by atomic mass is 16.2. The maximum absolute atomic E-state index is 11.7. The van der Waals surface area contributed by atoms with Gasteiger partial charge in [0.2, 0.25) is 0 Å². The number of aliphatic hydroxyl groups is 1. The number of hydrogen-bond donors (Lipinski definition) is 3. The largest absolute Gasteiger partial charge is 0.396 e. The molecule has 0 fully saturated rings. The highest BCUT2D eigenvalue weighted by molar-refractivity contribution is 5.98. The van der Waals surface area contributed by atoms with Crippen molar-refractivity contribution in [2.24, 2.45) is 0 Å². The molecule has 0 atom stereocenters.